The zero-order valence-corrected chi connectivity index (χ0v) is 13.6. The summed E-state index contributed by atoms with van der Waals surface area (Å²) in [7, 11) is 1.81. The Morgan fingerprint density at radius 3 is 2.11 bits per heavy atom. The average molecular weight is 256 g/mol. The van der Waals surface area contributed by atoms with E-state index in [2.05, 4.69) is 27.7 Å². The van der Waals surface area contributed by atoms with Gasteiger partial charge in [-0.15, -0.1) is 0 Å². The Balaban J connectivity index is 4.33. The highest BCUT2D eigenvalue weighted by atomic mass is 16.5. The minimum atomic E-state index is 0.566. The van der Waals surface area contributed by atoms with Crippen molar-refractivity contribution in [3.63, 3.8) is 0 Å². The number of methoxy groups -OCH3 is 1. The summed E-state index contributed by atoms with van der Waals surface area (Å²) < 4.78 is 5.16. The number of ether oxygens (including phenoxy) is 1. The molecule has 0 N–H and O–H groups in total. The van der Waals surface area contributed by atoms with Crippen LogP contribution in [0.4, 0.5) is 0 Å². The van der Waals surface area contributed by atoms with Gasteiger partial charge in [0.15, 0.2) is 0 Å². The van der Waals surface area contributed by atoms with E-state index < -0.39 is 0 Å². The molecule has 0 saturated heterocycles. The molecule has 0 aromatic carbocycles. The smallest absolute Gasteiger partial charge is 0.0462 e. The Morgan fingerprint density at radius 1 is 0.944 bits per heavy atom. The van der Waals surface area contributed by atoms with Crippen molar-refractivity contribution in [2.45, 2.75) is 85.5 Å². The van der Waals surface area contributed by atoms with Crippen molar-refractivity contribution < 1.29 is 4.74 Å². The Morgan fingerprint density at radius 2 is 1.61 bits per heavy atom. The van der Waals surface area contributed by atoms with E-state index in [1.165, 1.54) is 57.8 Å². The van der Waals surface area contributed by atoms with Gasteiger partial charge >= 0.3 is 0 Å². The third-order valence-corrected chi connectivity index (χ3v) is 4.67. The van der Waals surface area contributed by atoms with Gasteiger partial charge in [0.05, 0.1) is 0 Å². The molecule has 0 aliphatic heterocycles. The molecule has 0 bridgehead atoms. The van der Waals surface area contributed by atoms with E-state index in [0.717, 1.165) is 12.5 Å². The van der Waals surface area contributed by atoms with E-state index in [4.69, 9.17) is 4.74 Å². The zero-order chi connectivity index (χ0) is 13.9. The fraction of sp³-hybridized carbons (Fsp3) is 1.00. The number of rotatable bonds is 12. The molecule has 0 saturated carbocycles. The van der Waals surface area contributed by atoms with Crippen LogP contribution in [0.5, 0.6) is 0 Å². The molecule has 0 aliphatic rings. The third kappa shape index (κ3) is 6.78. The van der Waals surface area contributed by atoms with Crippen molar-refractivity contribution in [2.24, 2.45) is 11.3 Å². The highest BCUT2D eigenvalue weighted by Gasteiger charge is 2.30. The lowest BCUT2D eigenvalue weighted by atomic mass is 9.68. The Kier molecular flexibility index (Phi) is 10.8. The molecule has 0 aromatic rings. The summed E-state index contributed by atoms with van der Waals surface area (Å²) >= 11 is 0. The van der Waals surface area contributed by atoms with Gasteiger partial charge in [-0.1, -0.05) is 59.8 Å². The van der Waals surface area contributed by atoms with Crippen molar-refractivity contribution in [2.75, 3.05) is 13.7 Å². The Hall–Kier alpha value is -0.0400. The normalized spacial score (nSPS) is 16.5. The molecule has 2 atom stereocenters. The van der Waals surface area contributed by atoms with E-state index in [-0.39, 0.29) is 0 Å². The minimum absolute atomic E-state index is 0.566. The molecule has 0 spiro atoms. The van der Waals surface area contributed by atoms with E-state index in [1.54, 1.807) is 0 Å². The minimum Gasteiger partial charge on any atom is -0.385 e. The Bertz CT molecular complexity index is 178. The maximum absolute atomic E-state index is 5.16. The van der Waals surface area contributed by atoms with Gasteiger partial charge in [-0.2, -0.15) is 0 Å². The highest BCUT2D eigenvalue weighted by Crippen LogP contribution is 2.41. The lowest BCUT2D eigenvalue weighted by Gasteiger charge is -2.37. The largest absolute Gasteiger partial charge is 0.385 e. The second-order valence-corrected chi connectivity index (χ2v) is 6.09. The summed E-state index contributed by atoms with van der Waals surface area (Å²) in [6.45, 7) is 10.5. The van der Waals surface area contributed by atoms with Crippen LogP contribution in [0.2, 0.25) is 0 Å². The number of hydrogen-bond donors (Lipinski definition) is 0. The van der Waals surface area contributed by atoms with Gasteiger partial charge in [0.25, 0.3) is 0 Å². The molecular weight excluding hydrogens is 220 g/mol. The molecule has 1 heteroatoms. The van der Waals surface area contributed by atoms with Crippen LogP contribution in [0, 0.1) is 11.3 Å². The fourth-order valence-electron chi connectivity index (χ4n) is 3.17. The van der Waals surface area contributed by atoms with Crippen LogP contribution in [0.1, 0.15) is 85.5 Å². The summed E-state index contributed by atoms with van der Waals surface area (Å²) in [6.07, 6.45) is 12.2. The molecule has 0 aliphatic carbocycles. The molecule has 0 fully saturated rings. The van der Waals surface area contributed by atoms with E-state index in [9.17, 15) is 0 Å². The van der Waals surface area contributed by atoms with Crippen molar-refractivity contribution in [3.05, 3.63) is 0 Å². The van der Waals surface area contributed by atoms with Gasteiger partial charge in [0, 0.05) is 13.7 Å². The fourth-order valence-corrected chi connectivity index (χ4v) is 3.17. The number of hydrogen-bond acceptors (Lipinski definition) is 1. The monoisotopic (exact) mass is 256 g/mol. The topological polar surface area (TPSA) is 9.23 Å². The lowest BCUT2D eigenvalue weighted by Crippen LogP contribution is -2.27. The van der Waals surface area contributed by atoms with Crippen molar-refractivity contribution in [1.29, 1.82) is 0 Å². The maximum Gasteiger partial charge on any atom is 0.0462 e. The quantitative estimate of drug-likeness (QED) is 0.399. The second-order valence-electron chi connectivity index (χ2n) is 6.09. The zero-order valence-electron chi connectivity index (χ0n) is 13.6. The average Bonchev–Trinajstić information content (AvgIpc) is 2.38. The molecule has 0 aromatic heterocycles. The first kappa shape index (κ1) is 18.0. The van der Waals surface area contributed by atoms with Crippen LogP contribution in [0.25, 0.3) is 0 Å². The summed E-state index contributed by atoms with van der Waals surface area (Å²) in [5.74, 6) is 0.916. The lowest BCUT2D eigenvalue weighted by molar-refractivity contribution is 0.127. The van der Waals surface area contributed by atoms with Crippen molar-refractivity contribution in [3.8, 4) is 0 Å². The summed E-state index contributed by atoms with van der Waals surface area (Å²) in [5, 5.41) is 0. The van der Waals surface area contributed by atoms with Crippen LogP contribution in [-0.2, 0) is 4.74 Å². The van der Waals surface area contributed by atoms with Crippen LogP contribution in [0.3, 0.4) is 0 Å². The first-order chi connectivity index (χ1) is 8.64. The SMILES string of the molecule is CCCCC(CCCCOC)C(C)(CC)CCC. The first-order valence-corrected chi connectivity index (χ1v) is 8.13. The molecule has 0 heterocycles. The molecule has 18 heavy (non-hydrogen) atoms. The third-order valence-electron chi connectivity index (χ3n) is 4.67. The molecule has 0 radical (unpaired) electrons. The summed E-state index contributed by atoms with van der Waals surface area (Å²) in [4.78, 5) is 0. The molecule has 110 valence electrons. The summed E-state index contributed by atoms with van der Waals surface area (Å²) in [5.41, 5.74) is 0.566. The Labute approximate surface area is 116 Å². The molecular formula is C17H36O. The van der Waals surface area contributed by atoms with Gasteiger partial charge in [-0.25, -0.2) is 0 Å². The molecule has 0 amide bonds. The van der Waals surface area contributed by atoms with Crippen LogP contribution >= 0.6 is 0 Å². The highest BCUT2D eigenvalue weighted by molar-refractivity contribution is 4.81. The van der Waals surface area contributed by atoms with Gasteiger partial charge < -0.3 is 4.74 Å². The van der Waals surface area contributed by atoms with Gasteiger partial charge in [-0.3, -0.25) is 0 Å². The van der Waals surface area contributed by atoms with Crippen LogP contribution in [-0.4, -0.2) is 13.7 Å². The molecule has 0 rings (SSSR count). The molecule has 2 unspecified atom stereocenters. The van der Waals surface area contributed by atoms with Crippen LogP contribution < -0.4 is 0 Å². The van der Waals surface area contributed by atoms with Gasteiger partial charge in [0.1, 0.15) is 0 Å². The second kappa shape index (κ2) is 10.8. The first-order valence-electron chi connectivity index (χ1n) is 8.13. The van der Waals surface area contributed by atoms with E-state index in [0.29, 0.717) is 5.41 Å². The van der Waals surface area contributed by atoms with E-state index >= 15 is 0 Å². The van der Waals surface area contributed by atoms with Crippen molar-refractivity contribution >= 4 is 0 Å². The standard InChI is InChI=1S/C17H36O/c1-6-9-12-16(13-10-11-15-18-5)17(4,8-3)14-7-2/h16H,6-15H2,1-5H3. The number of unbranched alkanes of at least 4 members (excludes halogenated alkanes) is 2. The van der Waals surface area contributed by atoms with E-state index in [1.807, 2.05) is 7.11 Å². The summed E-state index contributed by atoms with van der Waals surface area (Å²) in [6, 6.07) is 0. The van der Waals surface area contributed by atoms with Crippen molar-refractivity contribution in [1.82, 2.24) is 0 Å². The maximum atomic E-state index is 5.16. The van der Waals surface area contributed by atoms with Crippen LogP contribution in [0.15, 0.2) is 0 Å². The predicted octanol–water partition coefficient (Wildman–Crippen LogP) is 5.83. The predicted molar refractivity (Wildman–Crippen MR) is 82.0 cm³/mol. The van der Waals surface area contributed by atoms with Gasteiger partial charge in [0.2, 0.25) is 0 Å². The van der Waals surface area contributed by atoms with Gasteiger partial charge in [-0.05, 0) is 37.0 Å². The molecule has 1 nitrogen and oxygen atoms in total.